The van der Waals surface area contributed by atoms with Crippen molar-refractivity contribution >= 4 is 11.8 Å². The monoisotopic (exact) mass is 259 g/mol. The van der Waals surface area contributed by atoms with Crippen LogP contribution in [-0.4, -0.2) is 24.5 Å². The summed E-state index contributed by atoms with van der Waals surface area (Å²) in [5.41, 5.74) is 4.64. The number of thioether (sulfide) groups is 1. The first-order valence-electron chi connectivity index (χ1n) is 7.01. The van der Waals surface area contributed by atoms with Crippen LogP contribution in [0.2, 0.25) is 0 Å². The fraction of sp³-hybridized carbons (Fsp3) is 0.500. The van der Waals surface area contributed by atoms with E-state index in [0.29, 0.717) is 0 Å². The van der Waals surface area contributed by atoms with Gasteiger partial charge in [0.2, 0.25) is 0 Å². The molecule has 0 saturated carbocycles. The molecule has 18 heavy (non-hydrogen) atoms. The van der Waals surface area contributed by atoms with Crippen LogP contribution in [0.1, 0.15) is 26.2 Å². The van der Waals surface area contributed by atoms with Crippen molar-refractivity contribution < 1.29 is 0 Å². The molecular formula is C16H21NS. The molecule has 0 spiro atoms. The highest BCUT2D eigenvalue weighted by atomic mass is 32.2. The van der Waals surface area contributed by atoms with E-state index in [0.717, 1.165) is 12.3 Å². The van der Waals surface area contributed by atoms with Crippen LogP contribution in [0.5, 0.6) is 0 Å². The molecular weight excluding hydrogens is 238 g/mol. The normalized spacial score (nSPS) is 25.3. The number of hydrogen-bond donors (Lipinski definition) is 0. The highest BCUT2D eigenvalue weighted by Crippen LogP contribution is 2.38. The first-order valence-corrected chi connectivity index (χ1v) is 7.95. The zero-order valence-corrected chi connectivity index (χ0v) is 11.9. The molecule has 1 fully saturated rings. The molecule has 1 saturated heterocycles. The highest BCUT2D eigenvalue weighted by Gasteiger charge is 2.24. The van der Waals surface area contributed by atoms with E-state index in [-0.39, 0.29) is 0 Å². The lowest BCUT2D eigenvalue weighted by atomic mass is 9.84. The van der Waals surface area contributed by atoms with Crippen LogP contribution in [-0.2, 0) is 0 Å². The van der Waals surface area contributed by atoms with E-state index in [4.69, 9.17) is 0 Å². The van der Waals surface area contributed by atoms with Crippen LogP contribution >= 0.6 is 11.8 Å². The maximum Gasteiger partial charge on any atom is -0.00125 e. The molecule has 0 radical (unpaired) electrons. The van der Waals surface area contributed by atoms with Gasteiger partial charge in [-0.15, -0.1) is 11.8 Å². The molecule has 2 heteroatoms. The quantitative estimate of drug-likeness (QED) is 0.734. The third-order valence-electron chi connectivity index (χ3n) is 4.26. The fourth-order valence-electron chi connectivity index (χ4n) is 3.12. The van der Waals surface area contributed by atoms with Gasteiger partial charge in [0.05, 0.1) is 0 Å². The van der Waals surface area contributed by atoms with Gasteiger partial charge in [-0.05, 0) is 72.4 Å². The Hall–Kier alpha value is -0.730. The molecule has 0 aromatic rings. The smallest absolute Gasteiger partial charge is 0.00125 e. The molecule has 0 unspecified atom stereocenters. The Morgan fingerprint density at radius 1 is 1.28 bits per heavy atom. The maximum atomic E-state index is 2.57. The van der Waals surface area contributed by atoms with Gasteiger partial charge in [-0.2, -0.15) is 0 Å². The van der Waals surface area contributed by atoms with E-state index >= 15 is 0 Å². The van der Waals surface area contributed by atoms with Crippen molar-refractivity contribution in [3.63, 3.8) is 0 Å². The molecule has 3 aliphatic rings. The second kappa shape index (κ2) is 5.50. The van der Waals surface area contributed by atoms with Gasteiger partial charge in [0.1, 0.15) is 0 Å². The van der Waals surface area contributed by atoms with Crippen molar-refractivity contribution in [1.29, 1.82) is 0 Å². The first kappa shape index (κ1) is 12.3. The summed E-state index contributed by atoms with van der Waals surface area (Å²) >= 11 is 1.85. The minimum absolute atomic E-state index is 0.779. The fourth-order valence-corrected chi connectivity index (χ4v) is 3.90. The van der Waals surface area contributed by atoms with Crippen molar-refractivity contribution in [2.75, 3.05) is 19.6 Å². The summed E-state index contributed by atoms with van der Waals surface area (Å²) in [6.45, 7) is 6.01. The predicted molar refractivity (Wildman–Crippen MR) is 80.4 cm³/mol. The second-order valence-corrected chi connectivity index (χ2v) is 6.08. The van der Waals surface area contributed by atoms with Gasteiger partial charge >= 0.3 is 0 Å². The molecule has 0 atom stereocenters. The Morgan fingerprint density at radius 2 is 2.11 bits per heavy atom. The average Bonchev–Trinajstić information content (AvgIpc) is 2.57. The topological polar surface area (TPSA) is 3.24 Å². The molecule has 1 aliphatic carbocycles. The third-order valence-corrected chi connectivity index (χ3v) is 5.12. The SMILES string of the molecule is CCN1CCC(C2=CC=CC3=CSC=C2C3)CC1. The molecule has 0 N–H and O–H groups in total. The number of nitrogens with zero attached hydrogens (tertiary/aromatic N) is 1. The minimum Gasteiger partial charge on any atom is -0.304 e. The lowest BCUT2D eigenvalue weighted by Gasteiger charge is -2.33. The average molecular weight is 259 g/mol. The number of allylic oxidation sites excluding steroid dienone is 6. The molecule has 2 aliphatic heterocycles. The number of hydrogen-bond acceptors (Lipinski definition) is 2. The van der Waals surface area contributed by atoms with Crippen LogP contribution in [0.4, 0.5) is 0 Å². The minimum atomic E-state index is 0.779. The predicted octanol–water partition coefficient (Wildman–Crippen LogP) is 4.12. The lowest BCUT2D eigenvalue weighted by molar-refractivity contribution is 0.209. The van der Waals surface area contributed by atoms with Gasteiger partial charge in [0, 0.05) is 0 Å². The lowest BCUT2D eigenvalue weighted by Crippen LogP contribution is -2.34. The zero-order chi connectivity index (χ0) is 12.4. The number of likely N-dealkylation sites (tertiary alicyclic amines) is 1. The Kier molecular flexibility index (Phi) is 3.76. The van der Waals surface area contributed by atoms with Gasteiger partial charge in [-0.1, -0.05) is 25.2 Å². The van der Waals surface area contributed by atoms with Gasteiger partial charge in [-0.3, -0.25) is 0 Å². The Balaban J connectivity index is 1.74. The molecule has 0 aromatic carbocycles. The molecule has 2 heterocycles. The van der Waals surface area contributed by atoms with Crippen LogP contribution in [0, 0.1) is 5.92 Å². The summed E-state index contributed by atoms with van der Waals surface area (Å²) in [7, 11) is 0. The number of fused-ring (bicyclic) bond motifs is 2. The van der Waals surface area contributed by atoms with E-state index < -0.39 is 0 Å². The summed E-state index contributed by atoms with van der Waals surface area (Å²) in [6.07, 6.45) is 10.7. The van der Waals surface area contributed by atoms with Gasteiger partial charge in [0.25, 0.3) is 0 Å². The van der Waals surface area contributed by atoms with Crippen molar-refractivity contribution in [3.8, 4) is 0 Å². The molecule has 2 bridgehead atoms. The zero-order valence-electron chi connectivity index (χ0n) is 11.1. The Bertz CT molecular complexity index is 434. The summed E-state index contributed by atoms with van der Waals surface area (Å²) in [6, 6.07) is 0. The second-order valence-electron chi connectivity index (χ2n) is 5.34. The van der Waals surface area contributed by atoms with Crippen molar-refractivity contribution in [3.05, 3.63) is 45.8 Å². The van der Waals surface area contributed by atoms with Crippen LogP contribution in [0.15, 0.2) is 45.8 Å². The largest absolute Gasteiger partial charge is 0.304 e. The van der Waals surface area contributed by atoms with Crippen LogP contribution in [0.3, 0.4) is 0 Å². The van der Waals surface area contributed by atoms with Gasteiger partial charge in [0.15, 0.2) is 0 Å². The first-order chi connectivity index (χ1) is 8.86. The molecule has 1 nitrogen and oxygen atoms in total. The molecule has 96 valence electrons. The van der Waals surface area contributed by atoms with E-state index in [1.165, 1.54) is 38.0 Å². The van der Waals surface area contributed by atoms with Gasteiger partial charge in [-0.25, -0.2) is 0 Å². The Labute approximate surface area is 114 Å². The molecule has 0 aromatic heterocycles. The van der Waals surface area contributed by atoms with Crippen LogP contribution in [0.25, 0.3) is 0 Å². The maximum absolute atomic E-state index is 2.57. The summed E-state index contributed by atoms with van der Waals surface area (Å²) < 4.78 is 0. The van der Waals surface area contributed by atoms with Crippen molar-refractivity contribution in [2.24, 2.45) is 5.92 Å². The molecule has 0 amide bonds. The van der Waals surface area contributed by atoms with E-state index in [2.05, 4.69) is 40.9 Å². The van der Waals surface area contributed by atoms with Crippen LogP contribution < -0.4 is 0 Å². The number of rotatable bonds is 2. The third kappa shape index (κ3) is 2.50. The summed E-state index contributed by atoms with van der Waals surface area (Å²) in [5.74, 6) is 0.779. The summed E-state index contributed by atoms with van der Waals surface area (Å²) in [4.78, 5) is 2.57. The summed E-state index contributed by atoms with van der Waals surface area (Å²) in [5, 5.41) is 4.63. The van der Waals surface area contributed by atoms with E-state index in [1.807, 2.05) is 11.8 Å². The van der Waals surface area contributed by atoms with Crippen molar-refractivity contribution in [2.45, 2.75) is 26.2 Å². The van der Waals surface area contributed by atoms with Crippen molar-refractivity contribution in [1.82, 2.24) is 4.90 Å². The number of piperidine rings is 1. The van der Waals surface area contributed by atoms with E-state index in [9.17, 15) is 0 Å². The standard InChI is InChI=1S/C16H21NS/c1-2-17-8-6-14(7-9-17)16-5-3-4-13-10-15(16)12-18-11-13/h3-5,11-12,14H,2,6-10H2,1H3. The van der Waals surface area contributed by atoms with E-state index in [1.54, 1.807) is 11.1 Å². The highest BCUT2D eigenvalue weighted by molar-refractivity contribution is 8.05. The Morgan fingerprint density at radius 3 is 2.89 bits per heavy atom. The molecule has 3 rings (SSSR count). The van der Waals surface area contributed by atoms with Gasteiger partial charge < -0.3 is 4.90 Å².